The summed E-state index contributed by atoms with van der Waals surface area (Å²) in [4.78, 5) is 13.7. The predicted octanol–water partition coefficient (Wildman–Crippen LogP) is 2.52. The van der Waals surface area contributed by atoms with Crippen molar-refractivity contribution < 1.29 is 9.53 Å². The summed E-state index contributed by atoms with van der Waals surface area (Å²) in [6, 6.07) is 10.1. The summed E-state index contributed by atoms with van der Waals surface area (Å²) in [5.74, 6) is 0. The minimum Gasteiger partial charge on any atom is -0.445 e. The molecule has 0 aliphatic heterocycles. The van der Waals surface area contributed by atoms with Gasteiger partial charge in [-0.05, 0) is 31.2 Å². The number of carbonyl (C=O) groups excluding carboxylic acids is 1. The number of carbonyl (C=O) groups is 1. The Morgan fingerprint density at radius 3 is 2.79 bits per heavy atom. The molecule has 1 fully saturated rings. The number of nitrogens with zero attached hydrogens (tertiary/aromatic N) is 1. The Morgan fingerprint density at radius 2 is 2.11 bits per heavy atom. The fraction of sp³-hybridized carbons (Fsp3) is 0.533. The molecule has 2 atom stereocenters. The van der Waals surface area contributed by atoms with E-state index < -0.39 is 0 Å². The van der Waals surface area contributed by atoms with Gasteiger partial charge in [-0.3, -0.25) is 0 Å². The highest BCUT2D eigenvalue weighted by Gasteiger charge is 2.26. The Hall–Kier alpha value is -1.55. The van der Waals surface area contributed by atoms with Gasteiger partial charge in [-0.25, -0.2) is 4.79 Å². The highest BCUT2D eigenvalue weighted by Crippen LogP contribution is 2.21. The first kappa shape index (κ1) is 13.9. The van der Waals surface area contributed by atoms with Crippen LogP contribution < -0.4 is 5.73 Å². The molecule has 1 amide bonds. The molecular formula is C15H22N2O2. The van der Waals surface area contributed by atoms with Gasteiger partial charge in [0, 0.05) is 19.1 Å². The van der Waals surface area contributed by atoms with Gasteiger partial charge in [0.1, 0.15) is 6.61 Å². The van der Waals surface area contributed by atoms with Crippen LogP contribution in [0, 0.1) is 0 Å². The van der Waals surface area contributed by atoms with Gasteiger partial charge in [-0.1, -0.05) is 30.3 Å². The zero-order chi connectivity index (χ0) is 13.7. The number of benzene rings is 1. The second-order valence-corrected chi connectivity index (χ2v) is 5.23. The van der Waals surface area contributed by atoms with Gasteiger partial charge in [0.05, 0.1) is 0 Å². The average molecular weight is 262 g/mol. The first-order valence-electron chi connectivity index (χ1n) is 6.86. The first-order valence-corrected chi connectivity index (χ1v) is 6.86. The van der Waals surface area contributed by atoms with Crippen LogP contribution in [0.1, 0.15) is 31.2 Å². The van der Waals surface area contributed by atoms with Crippen molar-refractivity contribution in [2.45, 2.75) is 44.4 Å². The Balaban J connectivity index is 1.82. The highest BCUT2D eigenvalue weighted by molar-refractivity contribution is 5.67. The molecule has 0 heterocycles. The lowest BCUT2D eigenvalue weighted by molar-refractivity contribution is 0.0817. The average Bonchev–Trinajstić information content (AvgIpc) is 2.45. The maximum Gasteiger partial charge on any atom is 0.410 e. The largest absolute Gasteiger partial charge is 0.445 e. The SMILES string of the molecule is CN(C(=O)OCc1ccccc1)C1CCCC(N)C1. The lowest BCUT2D eigenvalue weighted by Gasteiger charge is -2.33. The van der Waals surface area contributed by atoms with E-state index in [2.05, 4.69) is 0 Å². The normalized spacial score (nSPS) is 22.8. The lowest BCUT2D eigenvalue weighted by atomic mass is 9.91. The number of amides is 1. The third kappa shape index (κ3) is 3.96. The molecule has 0 saturated heterocycles. The molecule has 19 heavy (non-hydrogen) atoms. The molecule has 1 aliphatic carbocycles. The Kier molecular flexibility index (Phi) is 4.80. The van der Waals surface area contributed by atoms with Crippen molar-refractivity contribution in [3.63, 3.8) is 0 Å². The fourth-order valence-corrected chi connectivity index (χ4v) is 2.52. The maximum atomic E-state index is 12.0. The number of hydrogen-bond donors (Lipinski definition) is 1. The summed E-state index contributed by atoms with van der Waals surface area (Å²) in [6.07, 6.45) is 3.77. The van der Waals surface area contributed by atoms with E-state index in [1.807, 2.05) is 30.3 Å². The van der Waals surface area contributed by atoms with Crippen LogP contribution in [-0.4, -0.2) is 30.1 Å². The summed E-state index contributed by atoms with van der Waals surface area (Å²) in [6.45, 7) is 0.322. The van der Waals surface area contributed by atoms with Crippen molar-refractivity contribution in [1.82, 2.24) is 4.90 Å². The number of ether oxygens (including phenoxy) is 1. The monoisotopic (exact) mass is 262 g/mol. The van der Waals surface area contributed by atoms with E-state index in [0.717, 1.165) is 31.2 Å². The number of nitrogens with two attached hydrogens (primary N) is 1. The zero-order valence-corrected chi connectivity index (χ0v) is 11.4. The quantitative estimate of drug-likeness (QED) is 0.910. The minimum absolute atomic E-state index is 0.211. The van der Waals surface area contributed by atoms with Gasteiger partial charge in [0.15, 0.2) is 0 Å². The van der Waals surface area contributed by atoms with Crippen LogP contribution in [0.2, 0.25) is 0 Å². The minimum atomic E-state index is -0.261. The fourth-order valence-electron chi connectivity index (χ4n) is 2.52. The molecule has 1 aliphatic rings. The van der Waals surface area contributed by atoms with Gasteiger partial charge in [0.2, 0.25) is 0 Å². The molecule has 1 saturated carbocycles. The number of hydrogen-bond acceptors (Lipinski definition) is 3. The summed E-state index contributed by atoms with van der Waals surface area (Å²) in [5, 5.41) is 0. The molecule has 0 aromatic heterocycles. The van der Waals surface area contributed by atoms with Crippen molar-refractivity contribution in [1.29, 1.82) is 0 Å². The molecule has 104 valence electrons. The Morgan fingerprint density at radius 1 is 1.37 bits per heavy atom. The molecule has 0 radical (unpaired) electrons. The van der Waals surface area contributed by atoms with E-state index in [-0.39, 0.29) is 18.2 Å². The van der Waals surface area contributed by atoms with Crippen molar-refractivity contribution in [3.8, 4) is 0 Å². The summed E-state index contributed by atoms with van der Waals surface area (Å²) < 4.78 is 5.32. The Labute approximate surface area is 114 Å². The zero-order valence-electron chi connectivity index (χ0n) is 11.4. The van der Waals surface area contributed by atoms with Crippen LogP contribution in [0.4, 0.5) is 4.79 Å². The van der Waals surface area contributed by atoms with Crippen LogP contribution in [0.15, 0.2) is 30.3 Å². The maximum absolute atomic E-state index is 12.0. The molecule has 4 nitrogen and oxygen atoms in total. The van der Waals surface area contributed by atoms with Crippen molar-refractivity contribution in [2.24, 2.45) is 5.73 Å². The molecule has 1 aromatic rings. The molecule has 0 bridgehead atoms. The van der Waals surface area contributed by atoms with Gasteiger partial charge in [-0.2, -0.15) is 0 Å². The lowest BCUT2D eigenvalue weighted by Crippen LogP contribution is -2.43. The van der Waals surface area contributed by atoms with Crippen molar-refractivity contribution in [2.75, 3.05) is 7.05 Å². The van der Waals surface area contributed by atoms with E-state index >= 15 is 0 Å². The third-order valence-electron chi connectivity index (χ3n) is 3.73. The third-order valence-corrected chi connectivity index (χ3v) is 3.73. The Bertz CT molecular complexity index is 408. The van der Waals surface area contributed by atoms with E-state index in [9.17, 15) is 4.79 Å². The van der Waals surface area contributed by atoms with Crippen LogP contribution in [0.3, 0.4) is 0 Å². The summed E-state index contributed by atoms with van der Waals surface area (Å²) in [5.41, 5.74) is 6.95. The molecular weight excluding hydrogens is 240 g/mol. The van der Waals surface area contributed by atoms with Crippen LogP contribution in [-0.2, 0) is 11.3 Å². The van der Waals surface area contributed by atoms with E-state index in [4.69, 9.17) is 10.5 Å². The van der Waals surface area contributed by atoms with Gasteiger partial charge >= 0.3 is 6.09 Å². The highest BCUT2D eigenvalue weighted by atomic mass is 16.6. The molecule has 2 N–H and O–H groups in total. The smallest absolute Gasteiger partial charge is 0.410 e. The molecule has 0 spiro atoms. The topological polar surface area (TPSA) is 55.6 Å². The molecule has 2 unspecified atom stereocenters. The van der Waals surface area contributed by atoms with E-state index in [1.54, 1.807) is 11.9 Å². The molecule has 2 rings (SSSR count). The van der Waals surface area contributed by atoms with E-state index in [1.165, 1.54) is 0 Å². The standard InChI is InChI=1S/C15H22N2O2/c1-17(14-9-5-8-13(16)10-14)15(18)19-11-12-6-3-2-4-7-12/h2-4,6-7,13-14H,5,8-11,16H2,1H3. The first-order chi connectivity index (χ1) is 9.16. The van der Waals surface area contributed by atoms with Gasteiger partial charge in [0.25, 0.3) is 0 Å². The van der Waals surface area contributed by atoms with Crippen LogP contribution in [0.5, 0.6) is 0 Å². The van der Waals surface area contributed by atoms with E-state index in [0.29, 0.717) is 6.61 Å². The van der Waals surface area contributed by atoms with Crippen LogP contribution >= 0.6 is 0 Å². The molecule has 4 heteroatoms. The predicted molar refractivity (Wildman–Crippen MR) is 74.6 cm³/mol. The van der Waals surface area contributed by atoms with Gasteiger partial charge in [-0.15, -0.1) is 0 Å². The second kappa shape index (κ2) is 6.57. The summed E-state index contributed by atoms with van der Waals surface area (Å²) >= 11 is 0. The second-order valence-electron chi connectivity index (χ2n) is 5.23. The van der Waals surface area contributed by atoms with Crippen molar-refractivity contribution in [3.05, 3.63) is 35.9 Å². The number of rotatable bonds is 3. The summed E-state index contributed by atoms with van der Waals surface area (Å²) in [7, 11) is 1.80. The molecule has 1 aromatic carbocycles. The van der Waals surface area contributed by atoms with Crippen LogP contribution in [0.25, 0.3) is 0 Å². The van der Waals surface area contributed by atoms with Crippen molar-refractivity contribution >= 4 is 6.09 Å². The van der Waals surface area contributed by atoms with Gasteiger partial charge < -0.3 is 15.4 Å².